The maximum atomic E-state index is 12.0. The number of hydrogen-bond donors (Lipinski definition) is 0. The van der Waals surface area contributed by atoms with Crippen LogP contribution in [0.5, 0.6) is 0 Å². The van der Waals surface area contributed by atoms with Crippen LogP contribution in [-0.2, 0) is 4.79 Å². The molecule has 1 saturated heterocycles. The van der Waals surface area contributed by atoms with E-state index in [2.05, 4.69) is 20.2 Å². The van der Waals surface area contributed by atoms with Crippen LogP contribution in [0.3, 0.4) is 0 Å². The minimum absolute atomic E-state index is 0.127. The zero-order valence-electron chi connectivity index (χ0n) is 15.3. The summed E-state index contributed by atoms with van der Waals surface area (Å²) in [7, 11) is 0. The Morgan fingerprint density at radius 2 is 1.89 bits per heavy atom. The van der Waals surface area contributed by atoms with Gasteiger partial charge in [-0.25, -0.2) is 4.98 Å². The lowest BCUT2D eigenvalue weighted by molar-refractivity contribution is -0.117. The number of rotatable bonds is 2. The van der Waals surface area contributed by atoms with E-state index in [1.807, 2.05) is 32.0 Å². The summed E-state index contributed by atoms with van der Waals surface area (Å²) in [6, 6.07) is 8.69. The van der Waals surface area contributed by atoms with Crippen molar-refractivity contribution in [2.45, 2.75) is 26.7 Å². The minimum Gasteiger partial charge on any atom is -0.295 e. The monoisotopic (exact) mass is 365 g/mol. The second kappa shape index (κ2) is 8.44. The van der Waals surface area contributed by atoms with E-state index in [9.17, 15) is 9.18 Å². The lowest BCUT2D eigenvalue weighted by Crippen LogP contribution is -2.24. The van der Waals surface area contributed by atoms with Gasteiger partial charge in [0, 0.05) is 37.1 Å². The van der Waals surface area contributed by atoms with Crippen LogP contribution in [0.2, 0.25) is 0 Å². The summed E-state index contributed by atoms with van der Waals surface area (Å²) in [5, 5.41) is 8.38. The third kappa shape index (κ3) is 4.69. The Labute approximate surface area is 157 Å². The molecule has 1 amide bonds. The van der Waals surface area contributed by atoms with E-state index >= 15 is 0 Å². The average Bonchev–Trinajstić information content (AvgIpc) is 3.11. The van der Waals surface area contributed by atoms with Gasteiger partial charge >= 0.3 is 0 Å². The Bertz CT molecular complexity index is 891. The van der Waals surface area contributed by atoms with E-state index in [4.69, 9.17) is 0 Å². The summed E-state index contributed by atoms with van der Waals surface area (Å²) >= 11 is 0. The topological polar surface area (TPSA) is 71.9 Å². The zero-order chi connectivity index (χ0) is 19.2. The first kappa shape index (κ1) is 18.6. The predicted molar refractivity (Wildman–Crippen MR) is 101 cm³/mol. The highest BCUT2D eigenvalue weighted by atomic mass is 19.1. The highest BCUT2D eigenvalue weighted by Gasteiger charge is 2.23. The van der Waals surface area contributed by atoms with Gasteiger partial charge in [-0.15, -0.1) is 10.2 Å². The number of anilines is 1. The van der Waals surface area contributed by atoms with E-state index in [0.29, 0.717) is 12.2 Å². The van der Waals surface area contributed by atoms with Crippen LogP contribution in [-0.4, -0.2) is 32.6 Å². The number of aryl methyl sites for hydroxylation is 2. The zero-order valence-corrected chi connectivity index (χ0v) is 15.3. The van der Waals surface area contributed by atoms with Crippen molar-refractivity contribution in [2.24, 2.45) is 0 Å². The maximum absolute atomic E-state index is 12.0. The molecule has 0 aromatic carbocycles. The van der Waals surface area contributed by atoms with Crippen molar-refractivity contribution in [3.05, 3.63) is 66.0 Å². The fourth-order valence-corrected chi connectivity index (χ4v) is 2.71. The molecule has 27 heavy (non-hydrogen) atoms. The largest absolute Gasteiger partial charge is 0.295 e. The van der Waals surface area contributed by atoms with Crippen molar-refractivity contribution in [2.75, 3.05) is 11.4 Å². The Kier molecular flexibility index (Phi) is 5.80. The van der Waals surface area contributed by atoms with Crippen LogP contribution >= 0.6 is 0 Å². The fourth-order valence-electron chi connectivity index (χ4n) is 2.71. The Balaban J connectivity index is 0.000000221. The van der Waals surface area contributed by atoms with Gasteiger partial charge in [0.25, 0.3) is 0 Å². The number of halogens is 1. The molecular weight excluding hydrogens is 345 g/mol. The van der Waals surface area contributed by atoms with E-state index < -0.39 is 5.95 Å². The number of nitrogens with zero attached hydrogens (tertiary/aromatic N) is 5. The van der Waals surface area contributed by atoms with Crippen molar-refractivity contribution in [1.29, 1.82) is 0 Å². The lowest BCUT2D eigenvalue weighted by Gasteiger charge is -2.13. The molecule has 6 nitrogen and oxygen atoms in total. The van der Waals surface area contributed by atoms with E-state index in [1.54, 1.807) is 23.4 Å². The molecule has 0 unspecified atom stereocenters. The van der Waals surface area contributed by atoms with E-state index in [0.717, 1.165) is 35.3 Å². The molecule has 7 heteroatoms. The van der Waals surface area contributed by atoms with Crippen LogP contribution in [0.1, 0.15) is 24.0 Å². The van der Waals surface area contributed by atoms with Gasteiger partial charge in [0.1, 0.15) is 0 Å². The molecule has 1 fully saturated rings. The van der Waals surface area contributed by atoms with Crippen LogP contribution < -0.4 is 4.90 Å². The minimum atomic E-state index is -0.421. The first-order valence-electron chi connectivity index (χ1n) is 8.68. The SMILES string of the molecule is Cc1ccc(F)nc1.Cc1cnccc1-c1ccc(N2CCCC2=O)nn1. The summed E-state index contributed by atoms with van der Waals surface area (Å²) in [5.41, 5.74) is 3.85. The molecule has 0 bridgehead atoms. The summed E-state index contributed by atoms with van der Waals surface area (Å²) in [5.74, 6) is 0.343. The third-order valence-corrected chi connectivity index (χ3v) is 4.17. The van der Waals surface area contributed by atoms with Crippen LogP contribution in [0, 0.1) is 19.8 Å². The average molecular weight is 365 g/mol. The summed E-state index contributed by atoms with van der Waals surface area (Å²) in [6.45, 7) is 4.59. The van der Waals surface area contributed by atoms with E-state index in [1.165, 1.54) is 12.3 Å². The van der Waals surface area contributed by atoms with Gasteiger partial charge in [-0.2, -0.15) is 4.39 Å². The maximum Gasteiger partial charge on any atom is 0.228 e. The molecule has 0 radical (unpaired) electrons. The smallest absolute Gasteiger partial charge is 0.228 e. The van der Waals surface area contributed by atoms with Gasteiger partial charge in [0.2, 0.25) is 11.9 Å². The summed E-state index contributed by atoms with van der Waals surface area (Å²) in [6.07, 6.45) is 6.53. The molecule has 0 atom stereocenters. The van der Waals surface area contributed by atoms with Crippen LogP contribution in [0.4, 0.5) is 10.2 Å². The van der Waals surface area contributed by atoms with Gasteiger partial charge in [-0.1, -0.05) is 6.07 Å². The van der Waals surface area contributed by atoms with Crippen molar-refractivity contribution in [3.8, 4) is 11.3 Å². The molecule has 0 aliphatic carbocycles. The van der Waals surface area contributed by atoms with Crippen LogP contribution in [0.15, 0.2) is 48.9 Å². The van der Waals surface area contributed by atoms with Gasteiger partial charge in [-0.3, -0.25) is 14.7 Å². The fraction of sp³-hybridized carbons (Fsp3) is 0.250. The van der Waals surface area contributed by atoms with Gasteiger partial charge in [0.05, 0.1) is 5.69 Å². The molecule has 3 aromatic rings. The predicted octanol–water partition coefficient (Wildman–Crippen LogP) is 3.50. The first-order chi connectivity index (χ1) is 13.0. The first-order valence-corrected chi connectivity index (χ1v) is 8.68. The molecular formula is C20H20FN5O. The molecule has 0 spiro atoms. The summed E-state index contributed by atoms with van der Waals surface area (Å²) in [4.78, 5) is 20.8. The number of pyridine rings is 2. The highest BCUT2D eigenvalue weighted by Crippen LogP contribution is 2.23. The van der Waals surface area contributed by atoms with Gasteiger partial charge < -0.3 is 0 Å². The Morgan fingerprint density at radius 3 is 2.44 bits per heavy atom. The quantitative estimate of drug-likeness (QED) is 0.650. The molecule has 1 aliphatic rings. The lowest BCUT2D eigenvalue weighted by atomic mass is 10.1. The molecule has 4 heterocycles. The highest BCUT2D eigenvalue weighted by molar-refractivity contribution is 5.94. The Hall–Kier alpha value is -3.22. The van der Waals surface area contributed by atoms with E-state index in [-0.39, 0.29) is 5.91 Å². The standard InChI is InChI=1S/C14H14N4O.C6H6FN/c1-10-9-15-7-6-11(10)12-4-5-13(17-16-12)18-8-2-3-14(18)19;1-5-2-3-6(7)8-4-5/h4-7,9H,2-3,8H2,1H3;2-4H,1H3. The normalized spacial score (nSPS) is 13.3. The van der Waals surface area contributed by atoms with Gasteiger partial charge in [-0.05, 0) is 55.7 Å². The number of amides is 1. The third-order valence-electron chi connectivity index (χ3n) is 4.17. The molecule has 3 aromatic heterocycles. The number of carbonyl (C=O) groups is 1. The summed E-state index contributed by atoms with van der Waals surface area (Å²) < 4.78 is 12.0. The number of hydrogen-bond acceptors (Lipinski definition) is 5. The Morgan fingerprint density at radius 1 is 1.04 bits per heavy atom. The molecule has 0 N–H and O–H groups in total. The van der Waals surface area contributed by atoms with Crippen molar-refractivity contribution < 1.29 is 9.18 Å². The number of aromatic nitrogens is 4. The molecule has 1 aliphatic heterocycles. The van der Waals surface area contributed by atoms with Crippen molar-refractivity contribution >= 4 is 11.7 Å². The second-order valence-electron chi connectivity index (χ2n) is 6.27. The number of carbonyl (C=O) groups excluding carboxylic acids is 1. The molecule has 138 valence electrons. The second-order valence-corrected chi connectivity index (χ2v) is 6.27. The van der Waals surface area contributed by atoms with Crippen molar-refractivity contribution in [1.82, 2.24) is 20.2 Å². The van der Waals surface area contributed by atoms with Crippen LogP contribution in [0.25, 0.3) is 11.3 Å². The van der Waals surface area contributed by atoms with Crippen molar-refractivity contribution in [3.63, 3.8) is 0 Å². The molecule has 0 saturated carbocycles. The molecule has 4 rings (SSSR count). The van der Waals surface area contributed by atoms with Gasteiger partial charge in [0.15, 0.2) is 5.82 Å².